The van der Waals surface area contributed by atoms with Gasteiger partial charge in [0.1, 0.15) is 5.82 Å². The van der Waals surface area contributed by atoms with Crippen molar-refractivity contribution in [2.45, 2.75) is 19.3 Å². The van der Waals surface area contributed by atoms with Crippen LogP contribution in [0.3, 0.4) is 0 Å². The second kappa shape index (κ2) is 7.63. The van der Waals surface area contributed by atoms with E-state index in [-0.39, 0.29) is 54.4 Å². The lowest BCUT2D eigenvalue weighted by atomic mass is 10.1. The number of nitrogens with one attached hydrogen (secondary N) is 1. The first-order valence-electron chi connectivity index (χ1n) is 8.83. The Morgan fingerprint density at radius 3 is 2.52 bits per heavy atom. The van der Waals surface area contributed by atoms with Gasteiger partial charge >= 0.3 is 6.01 Å². The molecular formula is C20H15FN4O4. The van der Waals surface area contributed by atoms with E-state index in [9.17, 15) is 18.8 Å². The SMILES string of the molecule is O=C(Nc1nnc(Cc2ccc(F)cc2)o1)c1cccc(N2C(=O)CCC2=O)c1. The topological polar surface area (TPSA) is 105 Å². The molecule has 1 aliphatic heterocycles. The highest BCUT2D eigenvalue weighted by Crippen LogP contribution is 2.24. The van der Waals surface area contributed by atoms with Gasteiger partial charge in [0.2, 0.25) is 17.7 Å². The smallest absolute Gasteiger partial charge is 0.322 e. The van der Waals surface area contributed by atoms with Gasteiger partial charge < -0.3 is 4.42 Å². The number of carbonyl (C=O) groups is 3. The summed E-state index contributed by atoms with van der Waals surface area (Å²) in [5.74, 6) is -1.20. The molecule has 0 spiro atoms. The van der Waals surface area contributed by atoms with Gasteiger partial charge in [0.25, 0.3) is 5.91 Å². The number of nitrogens with zero attached hydrogens (tertiary/aromatic N) is 3. The lowest BCUT2D eigenvalue weighted by Gasteiger charge is -2.14. The van der Waals surface area contributed by atoms with E-state index in [4.69, 9.17) is 4.42 Å². The minimum absolute atomic E-state index is 0.0918. The molecule has 0 aliphatic carbocycles. The van der Waals surface area contributed by atoms with Crippen molar-refractivity contribution < 1.29 is 23.2 Å². The highest BCUT2D eigenvalue weighted by atomic mass is 19.1. The molecule has 8 nitrogen and oxygen atoms in total. The van der Waals surface area contributed by atoms with Gasteiger partial charge in [0, 0.05) is 18.4 Å². The van der Waals surface area contributed by atoms with Gasteiger partial charge in [-0.2, -0.15) is 0 Å². The summed E-state index contributed by atoms with van der Waals surface area (Å²) in [7, 11) is 0. The number of aromatic nitrogens is 2. The van der Waals surface area contributed by atoms with Crippen molar-refractivity contribution in [2.75, 3.05) is 10.2 Å². The number of halogens is 1. The standard InChI is InChI=1S/C20H15FN4O4/c21-14-6-4-12(5-7-14)10-16-23-24-20(29-16)22-19(28)13-2-1-3-15(11-13)25-17(26)8-9-18(25)27/h1-7,11H,8-10H2,(H,22,24,28). The highest BCUT2D eigenvalue weighted by molar-refractivity contribution is 6.20. The van der Waals surface area contributed by atoms with Crippen LogP contribution in [0, 0.1) is 5.82 Å². The quantitative estimate of drug-likeness (QED) is 0.667. The number of rotatable bonds is 5. The average Bonchev–Trinajstić information content (AvgIpc) is 3.29. The first-order chi connectivity index (χ1) is 14.0. The first-order valence-corrected chi connectivity index (χ1v) is 8.83. The van der Waals surface area contributed by atoms with E-state index < -0.39 is 5.91 Å². The predicted octanol–water partition coefficient (Wildman–Crippen LogP) is 2.71. The summed E-state index contributed by atoms with van der Waals surface area (Å²) in [5.41, 5.74) is 1.35. The van der Waals surface area contributed by atoms with E-state index in [1.54, 1.807) is 30.3 Å². The second-order valence-corrected chi connectivity index (χ2v) is 6.43. The molecular weight excluding hydrogens is 379 g/mol. The van der Waals surface area contributed by atoms with Gasteiger partial charge in [-0.05, 0) is 35.9 Å². The summed E-state index contributed by atoms with van der Waals surface area (Å²) in [6.45, 7) is 0. The number of amides is 3. The molecule has 146 valence electrons. The molecule has 3 aromatic rings. The summed E-state index contributed by atoms with van der Waals surface area (Å²) in [4.78, 5) is 37.3. The number of carbonyl (C=O) groups excluding carboxylic acids is 3. The maximum Gasteiger partial charge on any atom is 0.322 e. The molecule has 4 rings (SSSR count). The van der Waals surface area contributed by atoms with Crippen LogP contribution in [-0.2, 0) is 16.0 Å². The Morgan fingerprint density at radius 1 is 1.07 bits per heavy atom. The third-order valence-electron chi connectivity index (χ3n) is 4.37. The first kappa shape index (κ1) is 18.5. The van der Waals surface area contributed by atoms with E-state index in [0.717, 1.165) is 10.5 Å². The molecule has 1 saturated heterocycles. The molecule has 2 aromatic carbocycles. The van der Waals surface area contributed by atoms with Crippen molar-refractivity contribution >= 4 is 29.4 Å². The van der Waals surface area contributed by atoms with Crippen molar-refractivity contribution in [3.8, 4) is 0 Å². The van der Waals surface area contributed by atoms with Crippen molar-refractivity contribution in [3.05, 3.63) is 71.4 Å². The monoisotopic (exact) mass is 394 g/mol. The van der Waals surface area contributed by atoms with Crippen molar-refractivity contribution in [1.82, 2.24) is 10.2 Å². The molecule has 0 saturated carbocycles. The fraction of sp³-hybridized carbons (Fsp3) is 0.150. The summed E-state index contributed by atoms with van der Waals surface area (Å²) >= 11 is 0. The van der Waals surface area contributed by atoms with E-state index in [0.29, 0.717) is 5.69 Å². The van der Waals surface area contributed by atoms with Gasteiger partial charge in [0.05, 0.1) is 12.1 Å². The third kappa shape index (κ3) is 4.03. The van der Waals surface area contributed by atoms with Gasteiger partial charge in [-0.3, -0.25) is 24.6 Å². The normalized spacial score (nSPS) is 13.8. The Hall–Kier alpha value is -3.88. The Morgan fingerprint density at radius 2 is 1.79 bits per heavy atom. The lowest BCUT2D eigenvalue weighted by Crippen LogP contribution is -2.28. The summed E-state index contributed by atoms with van der Waals surface area (Å²) in [6.07, 6.45) is 0.611. The molecule has 3 amide bonds. The lowest BCUT2D eigenvalue weighted by molar-refractivity contribution is -0.121. The second-order valence-electron chi connectivity index (χ2n) is 6.43. The molecule has 0 atom stereocenters. The molecule has 1 aliphatic rings. The van der Waals surface area contributed by atoms with Crippen molar-refractivity contribution in [3.63, 3.8) is 0 Å². The number of benzene rings is 2. The summed E-state index contributed by atoms with van der Waals surface area (Å²) < 4.78 is 18.4. The van der Waals surface area contributed by atoms with Crippen LogP contribution in [-0.4, -0.2) is 27.9 Å². The molecule has 1 N–H and O–H groups in total. The van der Waals surface area contributed by atoms with Crippen molar-refractivity contribution in [2.24, 2.45) is 0 Å². The molecule has 0 bridgehead atoms. The Kier molecular flexibility index (Phi) is 4.86. The van der Waals surface area contributed by atoms with Crippen LogP contribution in [0.25, 0.3) is 0 Å². The minimum atomic E-state index is -0.525. The molecule has 1 aromatic heterocycles. The largest absolute Gasteiger partial charge is 0.407 e. The number of anilines is 2. The van der Waals surface area contributed by atoms with Gasteiger partial charge in [-0.25, -0.2) is 4.39 Å². The predicted molar refractivity (Wildman–Crippen MR) is 99.6 cm³/mol. The Bertz CT molecular complexity index is 1080. The van der Waals surface area contributed by atoms with Crippen LogP contribution < -0.4 is 10.2 Å². The van der Waals surface area contributed by atoms with Gasteiger partial charge in [-0.15, -0.1) is 5.10 Å². The molecule has 1 fully saturated rings. The fourth-order valence-corrected chi connectivity index (χ4v) is 2.97. The van der Waals surface area contributed by atoms with Crippen LogP contribution in [0.2, 0.25) is 0 Å². The highest BCUT2D eigenvalue weighted by Gasteiger charge is 2.30. The van der Waals surface area contributed by atoms with Crippen LogP contribution in [0.5, 0.6) is 0 Å². The van der Waals surface area contributed by atoms with Crippen LogP contribution in [0.4, 0.5) is 16.1 Å². The molecule has 0 radical (unpaired) electrons. The van der Waals surface area contributed by atoms with E-state index >= 15 is 0 Å². The number of hydrogen-bond acceptors (Lipinski definition) is 6. The van der Waals surface area contributed by atoms with E-state index in [1.807, 2.05) is 0 Å². The van der Waals surface area contributed by atoms with Crippen molar-refractivity contribution in [1.29, 1.82) is 0 Å². The van der Waals surface area contributed by atoms with Crippen LogP contribution in [0.1, 0.15) is 34.7 Å². The molecule has 29 heavy (non-hydrogen) atoms. The minimum Gasteiger partial charge on any atom is -0.407 e. The average molecular weight is 394 g/mol. The van der Waals surface area contributed by atoms with E-state index in [2.05, 4.69) is 15.5 Å². The Balaban J connectivity index is 1.45. The zero-order valence-corrected chi connectivity index (χ0v) is 15.1. The summed E-state index contributed by atoms with van der Waals surface area (Å²) in [6, 6.07) is 11.9. The number of imide groups is 1. The molecule has 0 unspecified atom stereocenters. The molecule has 2 heterocycles. The Labute approximate surface area is 164 Å². The fourth-order valence-electron chi connectivity index (χ4n) is 2.97. The van der Waals surface area contributed by atoms with Gasteiger partial charge in [0.15, 0.2) is 0 Å². The van der Waals surface area contributed by atoms with Gasteiger partial charge in [-0.1, -0.05) is 23.3 Å². The zero-order valence-electron chi connectivity index (χ0n) is 15.1. The third-order valence-corrected chi connectivity index (χ3v) is 4.37. The van der Waals surface area contributed by atoms with Crippen LogP contribution in [0.15, 0.2) is 52.9 Å². The summed E-state index contributed by atoms with van der Waals surface area (Å²) in [5, 5.41) is 10.1. The number of hydrogen-bond donors (Lipinski definition) is 1. The zero-order chi connectivity index (χ0) is 20.4. The maximum atomic E-state index is 13.0. The van der Waals surface area contributed by atoms with E-state index in [1.165, 1.54) is 18.2 Å². The maximum absolute atomic E-state index is 13.0. The van der Waals surface area contributed by atoms with Crippen LogP contribution >= 0.6 is 0 Å². The molecule has 9 heteroatoms.